The van der Waals surface area contributed by atoms with Crippen LogP contribution in [-0.2, 0) is 13.0 Å². The van der Waals surface area contributed by atoms with E-state index < -0.39 is 0 Å². The normalized spacial score (nSPS) is 13.9. The Hall–Kier alpha value is -2.66. The van der Waals surface area contributed by atoms with Crippen molar-refractivity contribution in [1.29, 1.82) is 0 Å². The third-order valence-corrected chi connectivity index (χ3v) is 4.19. The second-order valence-electron chi connectivity index (χ2n) is 6.19. The summed E-state index contributed by atoms with van der Waals surface area (Å²) in [5.74, 6) is -0.0298. The van der Waals surface area contributed by atoms with Crippen LogP contribution >= 0.6 is 0 Å². The highest BCUT2D eigenvalue weighted by Crippen LogP contribution is 2.22. The van der Waals surface area contributed by atoms with Gasteiger partial charge in [0.05, 0.1) is 0 Å². The van der Waals surface area contributed by atoms with Crippen molar-refractivity contribution in [3.8, 4) is 0 Å². The number of Topliss-reactive ketones (excluding diaryl/α,β-unsaturated/α-hetero) is 1. The molecule has 5 nitrogen and oxygen atoms in total. The van der Waals surface area contributed by atoms with Crippen LogP contribution in [0.5, 0.6) is 0 Å². The molecular weight excluding hydrogens is 302 g/mol. The van der Waals surface area contributed by atoms with Gasteiger partial charge in [-0.25, -0.2) is 4.79 Å². The van der Waals surface area contributed by atoms with Crippen LogP contribution in [0.1, 0.15) is 28.4 Å². The SMILES string of the molecule is CC(=O)c1cccc(NC(=O)Nc2ccc3c(c2)CN(C)CC3)c1. The first kappa shape index (κ1) is 16.2. The number of hydrogen-bond acceptors (Lipinski definition) is 3. The molecule has 1 aliphatic heterocycles. The van der Waals surface area contributed by atoms with Crippen molar-refractivity contribution in [2.45, 2.75) is 19.9 Å². The molecule has 0 unspecified atom stereocenters. The van der Waals surface area contributed by atoms with Gasteiger partial charge in [-0.05, 0) is 55.8 Å². The lowest BCUT2D eigenvalue weighted by Crippen LogP contribution is -2.27. The molecule has 0 saturated carbocycles. The minimum absolute atomic E-state index is 0.0298. The summed E-state index contributed by atoms with van der Waals surface area (Å²) in [6.45, 7) is 3.46. The van der Waals surface area contributed by atoms with Crippen LogP contribution in [0.15, 0.2) is 42.5 Å². The quantitative estimate of drug-likeness (QED) is 0.850. The predicted octanol–water partition coefficient (Wildman–Crippen LogP) is 3.52. The molecule has 0 saturated heterocycles. The van der Waals surface area contributed by atoms with E-state index in [9.17, 15) is 9.59 Å². The van der Waals surface area contributed by atoms with E-state index in [4.69, 9.17) is 0 Å². The van der Waals surface area contributed by atoms with Crippen LogP contribution in [0.3, 0.4) is 0 Å². The number of hydrogen-bond donors (Lipinski definition) is 2. The molecule has 0 fully saturated rings. The monoisotopic (exact) mass is 323 g/mol. The van der Waals surface area contributed by atoms with E-state index >= 15 is 0 Å². The molecule has 5 heteroatoms. The molecule has 0 spiro atoms. The predicted molar refractivity (Wildman–Crippen MR) is 95.6 cm³/mol. The lowest BCUT2D eigenvalue weighted by Gasteiger charge is -2.25. The van der Waals surface area contributed by atoms with Gasteiger partial charge in [-0.1, -0.05) is 18.2 Å². The summed E-state index contributed by atoms with van der Waals surface area (Å²) in [6, 6.07) is 12.6. The Kier molecular flexibility index (Phi) is 4.62. The molecule has 24 heavy (non-hydrogen) atoms. The maximum Gasteiger partial charge on any atom is 0.323 e. The molecule has 2 aromatic carbocycles. The number of ketones is 1. The zero-order valence-electron chi connectivity index (χ0n) is 13.9. The molecule has 124 valence electrons. The molecule has 0 aliphatic carbocycles. The Morgan fingerprint density at radius 2 is 1.75 bits per heavy atom. The van der Waals surface area contributed by atoms with Gasteiger partial charge in [-0.2, -0.15) is 0 Å². The molecule has 0 bridgehead atoms. The highest BCUT2D eigenvalue weighted by Gasteiger charge is 2.14. The third kappa shape index (κ3) is 3.81. The molecule has 3 rings (SSSR count). The fraction of sp³-hybridized carbons (Fsp3) is 0.263. The van der Waals surface area contributed by atoms with Crippen molar-refractivity contribution in [3.63, 3.8) is 0 Å². The number of nitrogens with zero attached hydrogens (tertiary/aromatic N) is 1. The smallest absolute Gasteiger partial charge is 0.308 e. The van der Waals surface area contributed by atoms with E-state index in [2.05, 4.69) is 28.6 Å². The van der Waals surface area contributed by atoms with Crippen LogP contribution in [-0.4, -0.2) is 30.3 Å². The number of carbonyl (C=O) groups is 2. The van der Waals surface area contributed by atoms with E-state index in [0.717, 1.165) is 25.2 Å². The first-order valence-corrected chi connectivity index (χ1v) is 8.00. The number of amides is 2. The van der Waals surface area contributed by atoms with Crippen molar-refractivity contribution in [2.75, 3.05) is 24.2 Å². The summed E-state index contributed by atoms with van der Waals surface area (Å²) >= 11 is 0. The second kappa shape index (κ2) is 6.84. The van der Waals surface area contributed by atoms with Gasteiger partial charge in [0.25, 0.3) is 0 Å². The summed E-state index contributed by atoms with van der Waals surface area (Å²) in [5.41, 5.74) is 4.53. The van der Waals surface area contributed by atoms with Crippen LogP contribution in [0, 0.1) is 0 Å². The second-order valence-corrected chi connectivity index (χ2v) is 6.19. The number of rotatable bonds is 3. The molecule has 0 radical (unpaired) electrons. The van der Waals surface area contributed by atoms with Gasteiger partial charge in [-0.15, -0.1) is 0 Å². The number of benzene rings is 2. The third-order valence-electron chi connectivity index (χ3n) is 4.19. The maximum absolute atomic E-state index is 12.2. The highest BCUT2D eigenvalue weighted by atomic mass is 16.2. The highest BCUT2D eigenvalue weighted by molar-refractivity contribution is 6.01. The summed E-state index contributed by atoms with van der Waals surface area (Å²) in [4.78, 5) is 25.8. The van der Waals surface area contributed by atoms with Crippen molar-refractivity contribution in [1.82, 2.24) is 4.90 Å². The van der Waals surface area contributed by atoms with Gasteiger partial charge in [0.1, 0.15) is 0 Å². The van der Waals surface area contributed by atoms with Crippen LogP contribution < -0.4 is 10.6 Å². The summed E-state index contributed by atoms with van der Waals surface area (Å²) in [5, 5.41) is 5.61. The lowest BCUT2D eigenvalue weighted by molar-refractivity contribution is 0.101. The van der Waals surface area contributed by atoms with E-state index in [-0.39, 0.29) is 11.8 Å². The van der Waals surface area contributed by atoms with Crippen molar-refractivity contribution in [2.24, 2.45) is 0 Å². The van der Waals surface area contributed by atoms with Gasteiger partial charge >= 0.3 is 6.03 Å². The van der Waals surface area contributed by atoms with Gasteiger partial charge in [-0.3, -0.25) is 4.79 Å². The van der Waals surface area contributed by atoms with Gasteiger partial charge in [0.15, 0.2) is 5.78 Å². The Labute approximate surface area is 141 Å². The number of anilines is 2. The average molecular weight is 323 g/mol. The summed E-state index contributed by atoms with van der Waals surface area (Å²) in [6.07, 6.45) is 1.04. The Morgan fingerprint density at radius 3 is 2.50 bits per heavy atom. The molecule has 1 heterocycles. The number of likely N-dealkylation sites (N-methyl/N-ethyl adjacent to an activating group) is 1. The Balaban J connectivity index is 1.68. The van der Waals surface area contributed by atoms with Gasteiger partial charge < -0.3 is 15.5 Å². The first-order valence-electron chi connectivity index (χ1n) is 8.00. The van der Waals surface area contributed by atoms with Crippen LogP contribution in [0.25, 0.3) is 0 Å². The average Bonchev–Trinajstić information content (AvgIpc) is 2.54. The molecule has 1 aliphatic rings. The Bertz CT molecular complexity index is 786. The van der Waals surface area contributed by atoms with E-state index in [1.54, 1.807) is 24.3 Å². The number of nitrogens with one attached hydrogen (secondary N) is 2. The summed E-state index contributed by atoms with van der Waals surface area (Å²) in [7, 11) is 2.10. The number of fused-ring (bicyclic) bond motifs is 1. The molecule has 2 N–H and O–H groups in total. The van der Waals surface area contributed by atoms with Crippen LogP contribution in [0.4, 0.5) is 16.2 Å². The molecule has 0 atom stereocenters. The molecular formula is C19H21N3O2. The number of carbonyl (C=O) groups excluding carboxylic acids is 2. The largest absolute Gasteiger partial charge is 0.323 e. The lowest BCUT2D eigenvalue weighted by atomic mass is 9.99. The topological polar surface area (TPSA) is 61.4 Å². The van der Waals surface area contributed by atoms with E-state index in [1.165, 1.54) is 18.1 Å². The minimum Gasteiger partial charge on any atom is -0.308 e. The number of urea groups is 1. The minimum atomic E-state index is -0.320. The zero-order chi connectivity index (χ0) is 17.1. The summed E-state index contributed by atoms with van der Waals surface area (Å²) < 4.78 is 0. The zero-order valence-corrected chi connectivity index (χ0v) is 13.9. The van der Waals surface area contributed by atoms with Gasteiger partial charge in [0.2, 0.25) is 0 Å². The van der Waals surface area contributed by atoms with Crippen molar-refractivity contribution < 1.29 is 9.59 Å². The first-order chi connectivity index (χ1) is 11.5. The fourth-order valence-corrected chi connectivity index (χ4v) is 2.89. The van der Waals surface area contributed by atoms with Gasteiger partial charge in [0, 0.05) is 30.0 Å². The molecule has 0 aromatic heterocycles. The van der Waals surface area contributed by atoms with Crippen molar-refractivity contribution in [3.05, 3.63) is 59.2 Å². The standard InChI is InChI=1S/C19H21N3O2/c1-13(23)15-4-3-5-17(10-15)20-19(24)21-18-7-6-14-8-9-22(2)12-16(14)11-18/h3-7,10-11H,8-9,12H2,1-2H3,(H2,20,21,24). The van der Waals surface area contributed by atoms with Crippen LogP contribution in [0.2, 0.25) is 0 Å². The van der Waals surface area contributed by atoms with E-state index in [1.807, 2.05) is 12.1 Å². The fourth-order valence-electron chi connectivity index (χ4n) is 2.89. The molecule has 2 amide bonds. The molecule has 2 aromatic rings. The van der Waals surface area contributed by atoms with Crippen molar-refractivity contribution >= 4 is 23.2 Å². The van der Waals surface area contributed by atoms with E-state index in [0.29, 0.717) is 11.3 Å². The maximum atomic E-state index is 12.2. The Morgan fingerprint density at radius 1 is 1.00 bits per heavy atom.